The summed E-state index contributed by atoms with van der Waals surface area (Å²) in [6, 6.07) is 5.68. The van der Waals surface area contributed by atoms with Crippen LogP contribution < -0.4 is 15.0 Å². The largest absolute Gasteiger partial charge is 0.495 e. The molecular formula is C16H19ClN4O. The van der Waals surface area contributed by atoms with Gasteiger partial charge >= 0.3 is 0 Å². The van der Waals surface area contributed by atoms with Crippen molar-refractivity contribution < 1.29 is 4.74 Å². The van der Waals surface area contributed by atoms with Crippen LogP contribution >= 0.6 is 11.6 Å². The van der Waals surface area contributed by atoms with Gasteiger partial charge in [-0.15, -0.1) is 0 Å². The number of benzene rings is 1. The molecule has 0 bridgehead atoms. The van der Waals surface area contributed by atoms with E-state index in [1.165, 1.54) is 12.8 Å². The molecule has 1 aromatic heterocycles. The van der Waals surface area contributed by atoms with E-state index in [-0.39, 0.29) is 0 Å². The van der Waals surface area contributed by atoms with Gasteiger partial charge in [-0.3, -0.25) is 0 Å². The second-order valence-electron chi connectivity index (χ2n) is 5.36. The number of halogens is 1. The van der Waals surface area contributed by atoms with Crippen molar-refractivity contribution in [2.75, 3.05) is 30.4 Å². The molecule has 1 aliphatic heterocycles. The van der Waals surface area contributed by atoms with Crippen molar-refractivity contribution in [3.63, 3.8) is 0 Å². The Labute approximate surface area is 135 Å². The molecule has 1 saturated heterocycles. The summed E-state index contributed by atoms with van der Waals surface area (Å²) in [6.07, 6.45) is 4.21. The molecule has 0 unspecified atom stereocenters. The lowest BCUT2D eigenvalue weighted by Gasteiger charge is -2.17. The average molecular weight is 319 g/mol. The molecule has 0 atom stereocenters. The smallest absolute Gasteiger partial charge is 0.229 e. The van der Waals surface area contributed by atoms with E-state index in [9.17, 15) is 0 Å². The number of aryl methyl sites for hydroxylation is 1. The fraction of sp³-hybridized carbons (Fsp3) is 0.375. The Balaban J connectivity index is 1.86. The van der Waals surface area contributed by atoms with E-state index in [0.717, 1.165) is 30.2 Å². The van der Waals surface area contributed by atoms with Gasteiger partial charge in [-0.05, 0) is 37.5 Å². The highest BCUT2D eigenvalue weighted by atomic mass is 35.5. The van der Waals surface area contributed by atoms with Crippen molar-refractivity contribution in [2.24, 2.45) is 0 Å². The average Bonchev–Trinajstić information content (AvgIpc) is 3.05. The lowest BCUT2D eigenvalue weighted by Crippen LogP contribution is -2.19. The van der Waals surface area contributed by atoms with Crippen molar-refractivity contribution in [1.29, 1.82) is 0 Å². The van der Waals surface area contributed by atoms with Crippen molar-refractivity contribution in [3.8, 4) is 5.75 Å². The van der Waals surface area contributed by atoms with E-state index in [0.29, 0.717) is 16.7 Å². The first-order valence-corrected chi connectivity index (χ1v) is 7.74. The van der Waals surface area contributed by atoms with E-state index >= 15 is 0 Å². The molecule has 5 nitrogen and oxygen atoms in total. The van der Waals surface area contributed by atoms with Crippen LogP contribution in [0.4, 0.5) is 17.5 Å². The van der Waals surface area contributed by atoms with Crippen LogP contribution in [0.2, 0.25) is 5.02 Å². The van der Waals surface area contributed by atoms with Crippen LogP contribution in [0.15, 0.2) is 24.4 Å². The van der Waals surface area contributed by atoms with Gasteiger partial charge < -0.3 is 15.0 Å². The molecule has 0 saturated carbocycles. The first-order valence-electron chi connectivity index (χ1n) is 7.36. The number of hydrogen-bond acceptors (Lipinski definition) is 5. The molecule has 2 aromatic rings. The Hall–Kier alpha value is -2.01. The molecule has 0 aliphatic carbocycles. The maximum atomic E-state index is 6.13. The van der Waals surface area contributed by atoms with Gasteiger partial charge in [-0.1, -0.05) is 11.6 Å². The monoisotopic (exact) mass is 318 g/mol. The van der Waals surface area contributed by atoms with E-state index < -0.39 is 0 Å². The zero-order valence-corrected chi connectivity index (χ0v) is 13.5. The standard InChI is InChI=1S/C16H19ClN4O/c1-11-9-13(14(22-2)10-12(11)17)19-16-18-6-5-15(20-16)21-7-3-4-8-21/h5-6,9-10H,3-4,7-8H2,1-2H3,(H,18,19,20). The van der Waals surface area contributed by atoms with Crippen molar-refractivity contribution >= 4 is 29.1 Å². The summed E-state index contributed by atoms with van der Waals surface area (Å²) >= 11 is 6.13. The zero-order chi connectivity index (χ0) is 15.5. The van der Waals surface area contributed by atoms with E-state index in [1.807, 2.05) is 19.1 Å². The number of ether oxygens (including phenoxy) is 1. The predicted molar refractivity (Wildman–Crippen MR) is 89.5 cm³/mol. The summed E-state index contributed by atoms with van der Waals surface area (Å²) in [4.78, 5) is 11.2. The fourth-order valence-corrected chi connectivity index (χ4v) is 2.74. The molecule has 3 rings (SSSR count). The van der Waals surface area contributed by atoms with Gasteiger partial charge in [0.1, 0.15) is 11.6 Å². The van der Waals surface area contributed by atoms with Gasteiger partial charge in [0.2, 0.25) is 5.95 Å². The van der Waals surface area contributed by atoms with Gasteiger partial charge in [-0.25, -0.2) is 4.98 Å². The Morgan fingerprint density at radius 3 is 2.77 bits per heavy atom. The minimum absolute atomic E-state index is 0.560. The molecule has 0 spiro atoms. The van der Waals surface area contributed by atoms with E-state index in [2.05, 4.69) is 20.2 Å². The third-order valence-corrected chi connectivity index (χ3v) is 4.21. The molecule has 6 heteroatoms. The van der Waals surface area contributed by atoms with Crippen molar-refractivity contribution in [1.82, 2.24) is 9.97 Å². The summed E-state index contributed by atoms with van der Waals surface area (Å²) in [5.74, 6) is 2.19. The van der Waals surface area contributed by atoms with Crippen LogP contribution in [-0.2, 0) is 0 Å². The maximum absolute atomic E-state index is 6.13. The quantitative estimate of drug-likeness (QED) is 0.929. The minimum Gasteiger partial charge on any atom is -0.495 e. The number of anilines is 3. The highest BCUT2D eigenvalue weighted by molar-refractivity contribution is 6.31. The summed E-state index contributed by atoms with van der Waals surface area (Å²) in [5.41, 5.74) is 1.78. The zero-order valence-electron chi connectivity index (χ0n) is 12.8. The van der Waals surface area contributed by atoms with Gasteiger partial charge in [0.05, 0.1) is 12.8 Å². The van der Waals surface area contributed by atoms with Crippen LogP contribution in [-0.4, -0.2) is 30.2 Å². The normalized spacial score (nSPS) is 14.2. The lowest BCUT2D eigenvalue weighted by molar-refractivity contribution is 0.416. The Kier molecular flexibility index (Phi) is 4.34. The second-order valence-corrected chi connectivity index (χ2v) is 5.77. The van der Waals surface area contributed by atoms with Gasteiger partial charge in [0.15, 0.2) is 0 Å². The number of nitrogens with zero attached hydrogens (tertiary/aromatic N) is 3. The Morgan fingerprint density at radius 1 is 1.27 bits per heavy atom. The molecule has 1 aromatic carbocycles. The molecule has 0 amide bonds. The van der Waals surface area contributed by atoms with Gasteiger partial charge in [-0.2, -0.15) is 4.98 Å². The summed E-state index contributed by atoms with van der Waals surface area (Å²) in [7, 11) is 1.62. The number of methoxy groups -OCH3 is 1. The topological polar surface area (TPSA) is 50.3 Å². The van der Waals surface area contributed by atoms with Crippen LogP contribution in [0.5, 0.6) is 5.75 Å². The van der Waals surface area contributed by atoms with Gasteiger partial charge in [0.25, 0.3) is 0 Å². The summed E-state index contributed by atoms with van der Waals surface area (Å²) < 4.78 is 5.37. The highest BCUT2D eigenvalue weighted by Crippen LogP contribution is 2.32. The van der Waals surface area contributed by atoms with Crippen LogP contribution in [0.3, 0.4) is 0 Å². The summed E-state index contributed by atoms with van der Waals surface area (Å²) in [5, 5.41) is 3.90. The first kappa shape index (κ1) is 14.9. The molecule has 1 fully saturated rings. The molecule has 0 radical (unpaired) electrons. The van der Waals surface area contributed by atoms with E-state index in [1.54, 1.807) is 19.4 Å². The highest BCUT2D eigenvalue weighted by Gasteiger charge is 2.15. The minimum atomic E-state index is 0.560. The fourth-order valence-electron chi connectivity index (χ4n) is 2.58. The third kappa shape index (κ3) is 3.09. The number of rotatable bonds is 4. The number of nitrogens with one attached hydrogen (secondary N) is 1. The van der Waals surface area contributed by atoms with Crippen molar-refractivity contribution in [2.45, 2.75) is 19.8 Å². The van der Waals surface area contributed by atoms with Crippen LogP contribution in [0.25, 0.3) is 0 Å². The Morgan fingerprint density at radius 2 is 2.05 bits per heavy atom. The predicted octanol–water partition coefficient (Wildman–Crippen LogP) is 3.79. The Bertz CT molecular complexity index is 671. The first-order chi connectivity index (χ1) is 10.7. The molecule has 1 N–H and O–H groups in total. The second kappa shape index (κ2) is 6.40. The van der Waals surface area contributed by atoms with Crippen molar-refractivity contribution in [3.05, 3.63) is 35.0 Å². The number of hydrogen-bond donors (Lipinski definition) is 1. The van der Waals surface area contributed by atoms with Crippen LogP contribution in [0, 0.1) is 6.92 Å². The van der Waals surface area contributed by atoms with E-state index in [4.69, 9.17) is 16.3 Å². The molecule has 22 heavy (non-hydrogen) atoms. The molecule has 2 heterocycles. The van der Waals surface area contributed by atoms with Crippen LogP contribution in [0.1, 0.15) is 18.4 Å². The third-order valence-electron chi connectivity index (χ3n) is 3.80. The molecule has 116 valence electrons. The SMILES string of the molecule is COc1cc(Cl)c(C)cc1Nc1nccc(N2CCCC2)n1. The lowest BCUT2D eigenvalue weighted by atomic mass is 10.2. The van der Waals surface area contributed by atoms with Gasteiger partial charge in [0, 0.05) is 30.4 Å². The maximum Gasteiger partial charge on any atom is 0.229 e. The molecule has 1 aliphatic rings. The molecular weight excluding hydrogens is 300 g/mol. The summed E-state index contributed by atoms with van der Waals surface area (Å²) in [6.45, 7) is 4.06. The number of aromatic nitrogens is 2.